The van der Waals surface area contributed by atoms with Gasteiger partial charge in [0.1, 0.15) is 18.8 Å². The number of aliphatic hydroxyl groups excluding tert-OH is 2. The third kappa shape index (κ3) is 41.8. The number of carboxylic acid groups (broad SMARTS) is 1. The van der Waals surface area contributed by atoms with E-state index in [1.807, 2.05) is 6.08 Å². The molecule has 0 spiro atoms. The summed E-state index contributed by atoms with van der Waals surface area (Å²) in [7, 11) is 0. The minimum absolute atomic E-state index is 0.0125. The second kappa shape index (κ2) is 51.9. The third-order valence-corrected chi connectivity index (χ3v) is 12.5. The summed E-state index contributed by atoms with van der Waals surface area (Å²) in [5, 5.41) is 31.5. The normalized spacial score (nSPS) is 18.9. The topological polar surface area (TPSA) is 175 Å². The monoisotopic (exact) mass is 1070 g/mol. The maximum absolute atomic E-state index is 13.2. The van der Waals surface area contributed by atoms with E-state index in [0.717, 1.165) is 128 Å². The molecular weight excluding hydrogens is 973 g/mol. The van der Waals surface area contributed by atoms with Gasteiger partial charge in [-0.15, -0.1) is 0 Å². The van der Waals surface area contributed by atoms with Crippen LogP contribution in [0.25, 0.3) is 0 Å². The Bertz CT molecular complexity index is 1800. The molecule has 77 heavy (non-hydrogen) atoms. The summed E-state index contributed by atoms with van der Waals surface area (Å²) in [6, 6.07) is 0. The van der Waals surface area contributed by atoms with Crippen molar-refractivity contribution < 1.29 is 58.2 Å². The van der Waals surface area contributed by atoms with E-state index in [9.17, 15) is 34.5 Å². The fraction of sp³-hybridized carbons (Fsp3) is 0.631. The molecule has 0 amide bonds. The fourth-order valence-corrected chi connectivity index (χ4v) is 8.03. The van der Waals surface area contributed by atoms with Crippen LogP contribution < -0.4 is 0 Å². The molecule has 12 heteroatoms. The first-order chi connectivity index (χ1) is 37.6. The fourth-order valence-electron chi connectivity index (χ4n) is 8.03. The summed E-state index contributed by atoms with van der Waals surface area (Å²) in [5.41, 5.74) is 0. The van der Waals surface area contributed by atoms with Gasteiger partial charge in [0.05, 0.1) is 6.61 Å². The van der Waals surface area contributed by atoms with Gasteiger partial charge in [-0.25, -0.2) is 4.79 Å². The maximum atomic E-state index is 13.2. The first-order valence-corrected chi connectivity index (χ1v) is 29.5. The van der Waals surface area contributed by atoms with Gasteiger partial charge in [-0.05, 0) is 122 Å². The van der Waals surface area contributed by atoms with E-state index in [2.05, 4.69) is 136 Å². The van der Waals surface area contributed by atoms with Gasteiger partial charge in [0.25, 0.3) is 0 Å². The lowest BCUT2D eigenvalue weighted by atomic mass is 9.98. The zero-order valence-electron chi connectivity index (χ0n) is 47.7. The summed E-state index contributed by atoms with van der Waals surface area (Å²) in [5.74, 6) is -3.26. The Hall–Kier alpha value is -4.88. The average molecular weight is 1080 g/mol. The molecule has 0 aliphatic carbocycles. The predicted octanol–water partition coefficient (Wildman–Crippen LogP) is 15.2. The second-order valence-corrected chi connectivity index (χ2v) is 19.5. The lowest BCUT2D eigenvalue weighted by molar-refractivity contribution is -0.301. The van der Waals surface area contributed by atoms with E-state index in [0.29, 0.717) is 25.7 Å². The first-order valence-electron chi connectivity index (χ1n) is 29.5. The van der Waals surface area contributed by atoms with Crippen LogP contribution in [0.15, 0.2) is 122 Å². The van der Waals surface area contributed by atoms with Crippen LogP contribution in [0.3, 0.4) is 0 Å². The van der Waals surface area contributed by atoms with Crippen molar-refractivity contribution in [2.24, 2.45) is 0 Å². The number of carboxylic acids is 1. The van der Waals surface area contributed by atoms with Gasteiger partial charge in [-0.3, -0.25) is 14.4 Å². The van der Waals surface area contributed by atoms with Crippen molar-refractivity contribution >= 4 is 23.9 Å². The summed E-state index contributed by atoms with van der Waals surface area (Å²) in [6.45, 7) is 5.65. The number of unbranched alkanes of at least 4 members (excludes halogenated alkanes) is 14. The number of aliphatic hydroxyl groups is 2. The number of hydrogen-bond acceptors (Lipinski definition) is 11. The molecule has 1 aliphatic heterocycles. The van der Waals surface area contributed by atoms with Gasteiger partial charge < -0.3 is 39.0 Å². The maximum Gasteiger partial charge on any atom is 0.335 e. The third-order valence-electron chi connectivity index (χ3n) is 12.5. The molecule has 6 unspecified atom stereocenters. The standard InChI is InChI=1S/C65H102O12/c1-4-7-10-13-16-19-22-25-27-29-31-34-36-39-42-45-48-51-57(66)73-54-56(75-58(67)52-49-46-43-40-38-35-32-30-28-26-23-20-17-14-11-8-5-2)55-74-65-63(61(70)60(69)62(77-65)64(71)72)76-59(68)53-50-47-44-41-37-33-24-21-18-15-12-9-6-3/h7,9-10,12,16-21,25-28,31,33-34,37,39,42,56,60-63,65,69-70H,4-6,8,11,13-15,22-24,29-30,32,35-36,38,40-41,43-55H2,1-3H3,(H,71,72)/b10-7-,12-9-,19-16-,20-17-,21-18-,27-25-,28-26-,34-31-,37-33-,42-39-. The van der Waals surface area contributed by atoms with Crippen LogP contribution in [0.5, 0.6) is 0 Å². The highest BCUT2D eigenvalue weighted by atomic mass is 16.7. The summed E-state index contributed by atoms with van der Waals surface area (Å²) < 4.78 is 28.3. The Labute approximate surface area is 465 Å². The molecule has 1 fully saturated rings. The number of esters is 3. The Morgan fingerprint density at radius 3 is 1.30 bits per heavy atom. The highest BCUT2D eigenvalue weighted by Gasteiger charge is 2.50. The van der Waals surface area contributed by atoms with Crippen molar-refractivity contribution in [3.05, 3.63) is 122 Å². The molecule has 0 aromatic carbocycles. The SMILES string of the molecule is CC/C=C\C/C=C\C/C=C\C/C=C\C/C=C\CCCC(=O)OCC(COC1OC(C(=O)O)C(O)C(O)C1OC(=O)CCCCC/C=C\C/C=C\C/C=C\CC)OC(=O)CCCCCCCCC/C=C\C/C=C\CCCCC. The van der Waals surface area contributed by atoms with E-state index in [1.165, 1.54) is 19.3 Å². The van der Waals surface area contributed by atoms with Gasteiger partial charge in [0.15, 0.2) is 24.6 Å². The molecule has 3 N–H and O–H groups in total. The molecule has 0 bridgehead atoms. The summed E-state index contributed by atoms with van der Waals surface area (Å²) in [6.07, 6.45) is 58.9. The lowest BCUT2D eigenvalue weighted by Crippen LogP contribution is -2.61. The zero-order valence-corrected chi connectivity index (χ0v) is 47.7. The van der Waals surface area contributed by atoms with Crippen molar-refractivity contribution in [3.8, 4) is 0 Å². The predicted molar refractivity (Wildman–Crippen MR) is 312 cm³/mol. The number of aliphatic carboxylic acids is 1. The number of allylic oxidation sites excluding steroid dienone is 20. The Balaban J connectivity index is 2.76. The number of carbonyl (C=O) groups is 4. The molecule has 12 nitrogen and oxygen atoms in total. The lowest BCUT2D eigenvalue weighted by Gasteiger charge is -2.40. The quantitative estimate of drug-likeness (QED) is 0.0228. The minimum Gasteiger partial charge on any atom is -0.479 e. The molecular formula is C65H102O12. The van der Waals surface area contributed by atoms with Crippen molar-refractivity contribution in [3.63, 3.8) is 0 Å². The highest BCUT2D eigenvalue weighted by molar-refractivity contribution is 5.74. The van der Waals surface area contributed by atoms with Crippen LogP contribution in [-0.4, -0.2) is 89.2 Å². The molecule has 0 aromatic heterocycles. The van der Waals surface area contributed by atoms with E-state index in [4.69, 9.17) is 23.7 Å². The average Bonchev–Trinajstić information content (AvgIpc) is 3.42. The van der Waals surface area contributed by atoms with Crippen LogP contribution in [0, 0.1) is 0 Å². The highest BCUT2D eigenvalue weighted by Crippen LogP contribution is 2.26. The molecule has 6 atom stereocenters. The van der Waals surface area contributed by atoms with Crippen molar-refractivity contribution in [2.45, 2.75) is 250 Å². The van der Waals surface area contributed by atoms with Crippen LogP contribution in [0.1, 0.15) is 213 Å². The smallest absolute Gasteiger partial charge is 0.335 e. The van der Waals surface area contributed by atoms with Crippen molar-refractivity contribution in [2.75, 3.05) is 13.2 Å². The largest absolute Gasteiger partial charge is 0.479 e. The van der Waals surface area contributed by atoms with Crippen molar-refractivity contribution in [1.29, 1.82) is 0 Å². The molecule has 0 aromatic rings. The van der Waals surface area contributed by atoms with Gasteiger partial charge in [0, 0.05) is 19.3 Å². The molecule has 434 valence electrons. The van der Waals surface area contributed by atoms with Gasteiger partial charge in [0.2, 0.25) is 0 Å². The summed E-state index contributed by atoms with van der Waals surface area (Å²) in [4.78, 5) is 51.1. The van der Waals surface area contributed by atoms with Gasteiger partial charge >= 0.3 is 23.9 Å². The van der Waals surface area contributed by atoms with E-state index in [1.54, 1.807) is 0 Å². The second-order valence-electron chi connectivity index (χ2n) is 19.5. The Morgan fingerprint density at radius 1 is 0.442 bits per heavy atom. The van der Waals surface area contributed by atoms with Crippen LogP contribution in [-0.2, 0) is 42.9 Å². The van der Waals surface area contributed by atoms with Crippen LogP contribution in [0.2, 0.25) is 0 Å². The molecule has 1 rings (SSSR count). The Kier molecular flexibility index (Phi) is 47.2. The molecule has 1 aliphatic rings. The number of carbonyl (C=O) groups excluding carboxylic acids is 3. The van der Waals surface area contributed by atoms with E-state index < -0.39 is 67.3 Å². The summed E-state index contributed by atoms with van der Waals surface area (Å²) >= 11 is 0. The zero-order chi connectivity index (χ0) is 56.1. The van der Waals surface area contributed by atoms with Crippen LogP contribution in [0.4, 0.5) is 0 Å². The van der Waals surface area contributed by atoms with E-state index >= 15 is 0 Å². The first kappa shape index (κ1) is 70.1. The number of rotatable bonds is 48. The minimum atomic E-state index is -1.93. The Morgan fingerprint density at radius 2 is 0.831 bits per heavy atom. The van der Waals surface area contributed by atoms with Crippen LogP contribution >= 0.6 is 0 Å². The van der Waals surface area contributed by atoms with Crippen molar-refractivity contribution in [1.82, 2.24) is 0 Å². The van der Waals surface area contributed by atoms with E-state index in [-0.39, 0.29) is 25.9 Å². The van der Waals surface area contributed by atoms with Gasteiger partial charge in [-0.2, -0.15) is 0 Å². The van der Waals surface area contributed by atoms with Gasteiger partial charge in [-0.1, -0.05) is 194 Å². The molecule has 0 saturated carbocycles. The molecule has 0 radical (unpaired) electrons. The number of ether oxygens (including phenoxy) is 5. The molecule has 1 heterocycles. The number of hydrogen-bond donors (Lipinski definition) is 3. The molecule has 1 saturated heterocycles.